The maximum absolute atomic E-state index is 12.1. The molecule has 7 nitrogen and oxygen atoms in total. The summed E-state index contributed by atoms with van der Waals surface area (Å²) in [6, 6.07) is 15.1. The van der Waals surface area contributed by atoms with Gasteiger partial charge in [-0.1, -0.05) is 18.2 Å². The van der Waals surface area contributed by atoms with Crippen molar-refractivity contribution in [1.29, 1.82) is 0 Å². The van der Waals surface area contributed by atoms with Crippen LogP contribution in [-0.2, 0) is 11.2 Å². The van der Waals surface area contributed by atoms with Gasteiger partial charge in [0.2, 0.25) is 11.8 Å². The number of hydrogen-bond acceptors (Lipinski definition) is 5. The number of nitrogens with zero attached hydrogens (tertiary/aromatic N) is 1. The van der Waals surface area contributed by atoms with Crippen molar-refractivity contribution in [2.75, 3.05) is 10.6 Å². The van der Waals surface area contributed by atoms with Gasteiger partial charge in [-0.2, -0.15) is 0 Å². The maximum atomic E-state index is 12.1. The third kappa shape index (κ3) is 4.99. The summed E-state index contributed by atoms with van der Waals surface area (Å²) in [7, 11) is 0. The van der Waals surface area contributed by atoms with Crippen molar-refractivity contribution in [3.05, 3.63) is 76.8 Å². The lowest BCUT2D eigenvalue weighted by atomic mass is 10.2. The SMILES string of the molecule is NC(=O)c1ccc(NC(=O)Cc2csc(NC(=O)c3ccccc3)n2)cc1. The van der Waals surface area contributed by atoms with Crippen molar-refractivity contribution in [2.24, 2.45) is 5.73 Å². The van der Waals surface area contributed by atoms with Gasteiger partial charge in [0.05, 0.1) is 12.1 Å². The lowest BCUT2D eigenvalue weighted by Crippen LogP contribution is -2.15. The molecular formula is C19H16N4O3S. The first-order valence-electron chi connectivity index (χ1n) is 8.02. The number of rotatable bonds is 6. The largest absolute Gasteiger partial charge is 0.366 e. The van der Waals surface area contributed by atoms with Crippen molar-refractivity contribution < 1.29 is 14.4 Å². The molecule has 0 aliphatic heterocycles. The minimum atomic E-state index is -0.527. The predicted molar refractivity (Wildman–Crippen MR) is 104 cm³/mol. The fourth-order valence-corrected chi connectivity index (χ4v) is 3.00. The number of anilines is 2. The van der Waals surface area contributed by atoms with E-state index in [1.807, 2.05) is 6.07 Å². The molecule has 0 fully saturated rings. The highest BCUT2D eigenvalue weighted by Crippen LogP contribution is 2.17. The smallest absolute Gasteiger partial charge is 0.257 e. The summed E-state index contributed by atoms with van der Waals surface area (Å²) in [5.74, 6) is -1.04. The van der Waals surface area contributed by atoms with Crippen LogP contribution in [-0.4, -0.2) is 22.7 Å². The Balaban J connectivity index is 1.56. The Morgan fingerprint density at radius 2 is 1.63 bits per heavy atom. The van der Waals surface area contributed by atoms with Gasteiger partial charge in [0.1, 0.15) is 0 Å². The predicted octanol–water partition coefficient (Wildman–Crippen LogP) is 2.68. The molecule has 0 bridgehead atoms. The van der Waals surface area contributed by atoms with E-state index in [4.69, 9.17) is 5.73 Å². The zero-order chi connectivity index (χ0) is 19.2. The molecule has 3 rings (SSSR count). The van der Waals surface area contributed by atoms with Crippen LogP contribution in [0.15, 0.2) is 60.0 Å². The number of primary amides is 1. The van der Waals surface area contributed by atoms with Gasteiger partial charge in [0, 0.05) is 22.2 Å². The lowest BCUT2D eigenvalue weighted by Gasteiger charge is -2.04. The van der Waals surface area contributed by atoms with E-state index in [0.717, 1.165) is 0 Å². The first-order valence-corrected chi connectivity index (χ1v) is 8.90. The van der Waals surface area contributed by atoms with Crippen molar-refractivity contribution in [3.63, 3.8) is 0 Å². The molecule has 3 aromatic rings. The average molecular weight is 380 g/mol. The van der Waals surface area contributed by atoms with Gasteiger partial charge in [-0.25, -0.2) is 4.98 Å². The molecule has 136 valence electrons. The highest BCUT2D eigenvalue weighted by Gasteiger charge is 2.11. The highest BCUT2D eigenvalue weighted by molar-refractivity contribution is 7.14. The van der Waals surface area contributed by atoms with Crippen molar-refractivity contribution in [2.45, 2.75) is 6.42 Å². The van der Waals surface area contributed by atoms with Crippen LogP contribution in [0, 0.1) is 0 Å². The standard InChI is InChI=1S/C19H16N4O3S/c20-17(25)12-6-8-14(9-7-12)21-16(24)10-15-11-27-19(22-15)23-18(26)13-4-2-1-3-5-13/h1-9,11H,10H2,(H2,20,25)(H,21,24)(H,22,23,26). The second-order valence-corrected chi connectivity index (χ2v) is 6.49. The number of nitrogens with two attached hydrogens (primary N) is 1. The zero-order valence-electron chi connectivity index (χ0n) is 14.1. The summed E-state index contributed by atoms with van der Waals surface area (Å²) in [6.45, 7) is 0. The van der Waals surface area contributed by atoms with Gasteiger partial charge in [0.25, 0.3) is 5.91 Å². The van der Waals surface area contributed by atoms with Gasteiger partial charge in [0.15, 0.2) is 5.13 Å². The number of carbonyl (C=O) groups is 3. The fraction of sp³-hybridized carbons (Fsp3) is 0.0526. The van der Waals surface area contributed by atoms with Crippen LogP contribution < -0.4 is 16.4 Å². The molecule has 0 radical (unpaired) electrons. The maximum Gasteiger partial charge on any atom is 0.257 e. The first kappa shape index (κ1) is 18.3. The van der Waals surface area contributed by atoms with Crippen LogP contribution in [0.1, 0.15) is 26.4 Å². The topological polar surface area (TPSA) is 114 Å². The van der Waals surface area contributed by atoms with Crippen LogP contribution in [0.25, 0.3) is 0 Å². The Morgan fingerprint density at radius 1 is 0.926 bits per heavy atom. The molecule has 0 atom stereocenters. The molecule has 0 aliphatic rings. The lowest BCUT2D eigenvalue weighted by molar-refractivity contribution is -0.115. The quantitative estimate of drug-likeness (QED) is 0.610. The third-order valence-electron chi connectivity index (χ3n) is 3.60. The Bertz CT molecular complexity index is 968. The summed E-state index contributed by atoms with van der Waals surface area (Å²) < 4.78 is 0. The number of aromatic nitrogens is 1. The second-order valence-electron chi connectivity index (χ2n) is 5.63. The Morgan fingerprint density at radius 3 is 2.30 bits per heavy atom. The van der Waals surface area contributed by atoms with E-state index >= 15 is 0 Å². The molecule has 0 saturated carbocycles. The zero-order valence-corrected chi connectivity index (χ0v) is 15.0. The minimum Gasteiger partial charge on any atom is -0.366 e. The summed E-state index contributed by atoms with van der Waals surface area (Å²) in [5.41, 5.74) is 7.18. The van der Waals surface area contributed by atoms with E-state index in [1.165, 1.54) is 23.5 Å². The molecule has 1 heterocycles. The summed E-state index contributed by atoms with van der Waals surface area (Å²) in [5, 5.41) is 7.58. The number of thiazole rings is 1. The second kappa shape index (κ2) is 8.24. The van der Waals surface area contributed by atoms with Gasteiger partial charge < -0.3 is 11.1 Å². The molecule has 0 saturated heterocycles. The van der Waals surface area contributed by atoms with Crippen LogP contribution >= 0.6 is 11.3 Å². The molecule has 1 aromatic heterocycles. The first-order chi connectivity index (χ1) is 13.0. The van der Waals surface area contributed by atoms with Gasteiger partial charge in [-0.3, -0.25) is 19.7 Å². The van der Waals surface area contributed by atoms with Crippen LogP contribution in [0.5, 0.6) is 0 Å². The van der Waals surface area contributed by atoms with E-state index < -0.39 is 5.91 Å². The minimum absolute atomic E-state index is 0.0648. The number of carbonyl (C=O) groups excluding carboxylic acids is 3. The average Bonchev–Trinajstić information content (AvgIpc) is 3.09. The highest BCUT2D eigenvalue weighted by atomic mass is 32.1. The molecule has 0 spiro atoms. The molecule has 3 amide bonds. The number of amides is 3. The monoisotopic (exact) mass is 380 g/mol. The molecule has 27 heavy (non-hydrogen) atoms. The van der Waals surface area contributed by atoms with E-state index in [-0.39, 0.29) is 18.2 Å². The third-order valence-corrected chi connectivity index (χ3v) is 4.41. The van der Waals surface area contributed by atoms with Crippen LogP contribution in [0.4, 0.5) is 10.8 Å². The Kier molecular flexibility index (Phi) is 5.58. The van der Waals surface area contributed by atoms with Gasteiger partial charge in [-0.05, 0) is 36.4 Å². The molecule has 2 aromatic carbocycles. The Labute approximate surface area is 159 Å². The summed E-state index contributed by atoms with van der Waals surface area (Å²) in [6.07, 6.45) is 0.0648. The van der Waals surface area contributed by atoms with Gasteiger partial charge >= 0.3 is 0 Å². The summed E-state index contributed by atoms with van der Waals surface area (Å²) >= 11 is 1.25. The van der Waals surface area contributed by atoms with Crippen LogP contribution in [0.3, 0.4) is 0 Å². The normalized spacial score (nSPS) is 10.2. The molecule has 8 heteroatoms. The number of benzene rings is 2. The number of nitrogens with one attached hydrogen (secondary N) is 2. The van der Waals surface area contributed by atoms with Gasteiger partial charge in [-0.15, -0.1) is 11.3 Å². The van der Waals surface area contributed by atoms with Crippen molar-refractivity contribution >= 4 is 39.9 Å². The molecular weight excluding hydrogens is 364 g/mol. The van der Waals surface area contributed by atoms with Crippen molar-refractivity contribution in [3.8, 4) is 0 Å². The van der Waals surface area contributed by atoms with E-state index in [0.29, 0.717) is 27.6 Å². The van der Waals surface area contributed by atoms with E-state index in [9.17, 15) is 14.4 Å². The Hall–Kier alpha value is -3.52. The van der Waals surface area contributed by atoms with E-state index in [2.05, 4.69) is 15.6 Å². The summed E-state index contributed by atoms with van der Waals surface area (Å²) in [4.78, 5) is 39.5. The van der Waals surface area contributed by atoms with E-state index in [1.54, 1.807) is 41.8 Å². The molecule has 0 aliphatic carbocycles. The van der Waals surface area contributed by atoms with Crippen LogP contribution in [0.2, 0.25) is 0 Å². The molecule has 4 N–H and O–H groups in total. The molecule has 0 unspecified atom stereocenters. The number of hydrogen-bond donors (Lipinski definition) is 3. The van der Waals surface area contributed by atoms with Crippen molar-refractivity contribution in [1.82, 2.24) is 4.98 Å². The fourth-order valence-electron chi connectivity index (χ4n) is 2.29.